The zero-order valence-corrected chi connectivity index (χ0v) is 17.5. The summed E-state index contributed by atoms with van der Waals surface area (Å²) in [4.78, 5) is 16.3. The lowest BCUT2D eigenvalue weighted by Crippen LogP contribution is -2.29. The Balaban J connectivity index is 2.01. The molecule has 0 radical (unpaired) electrons. The maximum atomic E-state index is 11.7. The van der Waals surface area contributed by atoms with Crippen LogP contribution < -0.4 is 5.32 Å². The van der Waals surface area contributed by atoms with Gasteiger partial charge in [0, 0.05) is 21.8 Å². The van der Waals surface area contributed by atoms with Gasteiger partial charge in [-0.3, -0.25) is 15.1 Å². The molecule has 5 nitrogen and oxygen atoms in total. The number of hydrogen-bond donors (Lipinski definition) is 2. The zero-order valence-electron chi connectivity index (χ0n) is 15.9. The molecule has 0 bridgehead atoms. The molecule has 0 spiro atoms. The lowest BCUT2D eigenvalue weighted by Gasteiger charge is -2.21. The van der Waals surface area contributed by atoms with Crippen LogP contribution >= 0.6 is 15.9 Å². The number of nitrogens with one attached hydrogen (secondary N) is 1. The number of hydrogen-bond acceptors (Lipinski definition) is 5. The lowest BCUT2D eigenvalue weighted by molar-refractivity contribution is -0.139. The van der Waals surface area contributed by atoms with Gasteiger partial charge in [0.25, 0.3) is 0 Å². The molecule has 0 heterocycles. The standard InChI is InChI=1S/C23H21BrN2O3/c1-29-22(28)15-26-23(16-7-3-2-4-8-16)19-13-18(24)11-12-20(19)25-14-17-9-5-6-10-21(17)27/h2-14,23,26-27H,15H2,1H3/t23-/m1/s1. The van der Waals surface area contributed by atoms with E-state index in [0.717, 1.165) is 21.3 Å². The summed E-state index contributed by atoms with van der Waals surface area (Å²) in [6, 6.07) is 22.3. The number of nitrogens with zero attached hydrogens (tertiary/aromatic N) is 1. The van der Waals surface area contributed by atoms with Gasteiger partial charge >= 0.3 is 5.97 Å². The van der Waals surface area contributed by atoms with Gasteiger partial charge < -0.3 is 9.84 Å². The number of methoxy groups -OCH3 is 1. The average Bonchev–Trinajstić information content (AvgIpc) is 2.75. The van der Waals surface area contributed by atoms with Gasteiger partial charge in [0.15, 0.2) is 0 Å². The molecule has 0 saturated carbocycles. The van der Waals surface area contributed by atoms with Crippen LogP contribution in [0.15, 0.2) is 82.3 Å². The molecule has 0 aliphatic carbocycles. The third-order valence-corrected chi connectivity index (χ3v) is 4.88. The Morgan fingerprint density at radius 1 is 1.14 bits per heavy atom. The summed E-state index contributed by atoms with van der Waals surface area (Å²) in [5, 5.41) is 13.3. The minimum atomic E-state index is -0.347. The van der Waals surface area contributed by atoms with Crippen LogP contribution in [0.1, 0.15) is 22.7 Å². The van der Waals surface area contributed by atoms with Crippen molar-refractivity contribution in [3.05, 3.63) is 94.0 Å². The Hall–Kier alpha value is -2.96. The number of phenolic OH excluding ortho intramolecular Hbond substituents is 1. The number of esters is 1. The highest BCUT2D eigenvalue weighted by Crippen LogP contribution is 2.33. The number of aromatic hydroxyl groups is 1. The maximum absolute atomic E-state index is 11.7. The quantitative estimate of drug-likeness (QED) is 0.400. The van der Waals surface area contributed by atoms with Crippen molar-refractivity contribution >= 4 is 33.8 Å². The number of para-hydroxylation sites is 1. The van der Waals surface area contributed by atoms with Gasteiger partial charge in [-0.05, 0) is 35.9 Å². The van der Waals surface area contributed by atoms with Crippen molar-refractivity contribution in [3.8, 4) is 5.75 Å². The van der Waals surface area contributed by atoms with E-state index in [1.54, 1.807) is 24.4 Å². The predicted octanol–water partition coefficient (Wildman–Crippen LogP) is 4.76. The molecule has 3 aromatic carbocycles. The maximum Gasteiger partial charge on any atom is 0.319 e. The minimum Gasteiger partial charge on any atom is -0.507 e. The van der Waals surface area contributed by atoms with Crippen LogP contribution in [-0.4, -0.2) is 30.9 Å². The molecule has 3 rings (SSSR count). The van der Waals surface area contributed by atoms with Gasteiger partial charge in [0.05, 0.1) is 25.4 Å². The average molecular weight is 453 g/mol. The third-order valence-electron chi connectivity index (χ3n) is 4.39. The highest BCUT2D eigenvalue weighted by molar-refractivity contribution is 9.10. The fourth-order valence-corrected chi connectivity index (χ4v) is 3.30. The Labute approximate surface area is 178 Å². The van der Waals surface area contributed by atoms with Crippen molar-refractivity contribution in [2.75, 3.05) is 13.7 Å². The Morgan fingerprint density at radius 2 is 1.86 bits per heavy atom. The number of carbonyl (C=O) groups excluding carboxylic acids is 1. The van der Waals surface area contributed by atoms with Crippen molar-refractivity contribution in [2.45, 2.75) is 6.04 Å². The third kappa shape index (κ3) is 5.53. The second kappa shape index (κ2) is 10.0. The van der Waals surface area contributed by atoms with E-state index in [1.165, 1.54) is 7.11 Å². The molecule has 2 N–H and O–H groups in total. The molecule has 0 aromatic heterocycles. The predicted molar refractivity (Wildman–Crippen MR) is 118 cm³/mol. The van der Waals surface area contributed by atoms with Gasteiger partial charge in [0.1, 0.15) is 5.75 Å². The van der Waals surface area contributed by atoms with E-state index in [-0.39, 0.29) is 24.3 Å². The van der Waals surface area contributed by atoms with Gasteiger partial charge in [-0.1, -0.05) is 58.4 Å². The first-order valence-corrected chi connectivity index (χ1v) is 9.84. The number of phenols is 1. The molecule has 0 aliphatic heterocycles. The molecule has 0 aliphatic rings. The lowest BCUT2D eigenvalue weighted by atomic mass is 9.97. The molecule has 0 amide bonds. The fourth-order valence-electron chi connectivity index (χ4n) is 2.92. The van der Waals surface area contributed by atoms with Crippen molar-refractivity contribution in [1.29, 1.82) is 0 Å². The largest absolute Gasteiger partial charge is 0.507 e. The number of aliphatic imine (C=N–C) groups is 1. The van der Waals surface area contributed by atoms with Crippen LogP contribution in [0.3, 0.4) is 0 Å². The second-order valence-corrected chi connectivity index (χ2v) is 7.24. The molecular weight excluding hydrogens is 432 g/mol. The van der Waals surface area contributed by atoms with Gasteiger partial charge in [0.2, 0.25) is 0 Å². The molecular formula is C23H21BrN2O3. The summed E-state index contributed by atoms with van der Waals surface area (Å²) in [5.41, 5.74) is 3.23. The van der Waals surface area contributed by atoms with E-state index in [9.17, 15) is 9.90 Å². The second-order valence-electron chi connectivity index (χ2n) is 6.32. The number of halogens is 1. The Bertz CT molecular complexity index is 1010. The summed E-state index contributed by atoms with van der Waals surface area (Å²) in [5.74, 6) is -0.182. The summed E-state index contributed by atoms with van der Waals surface area (Å²) in [6.45, 7) is 0.0607. The van der Waals surface area contributed by atoms with E-state index < -0.39 is 0 Å². The van der Waals surface area contributed by atoms with Gasteiger partial charge in [-0.15, -0.1) is 0 Å². The van der Waals surface area contributed by atoms with Crippen molar-refractivity contribution in [1.82, 2.24) is 5.32 Å². The molecule has 0 unspecified atom stereocenters. The Morgan fingerprint density at radius 3 is 2.59 bits per heavy atom. The summed E-state index contributed by atoms with van der Waals surface area (Å²) in [7, 11) is 1.36. The van der Waals surface area contributed by atoms with Crippen LogP contribution in [0.2, 0.25) is 0 Å². The number of benzene rings is 3. The molecule has 1 atom stereocenters. The SMILES string of the molecule is COC(=O)CN[C@H](c1ccccc1)c1cc(Br)ccc1N=Cc1ccccc1O. The zero-order chi connectivity index (χ0) is 20.6. The number of ether oxygens (including phenoxy) is 1. The number of rotatable bonds is 7. The summed E-state index contributed by atoms with van der Waals surface area (Å²) in [6.07, 6.45) is 1.63. The van der Waals surface area contributed by atoms with Crippen molar-refractivity contribution in [3.63, 3.8) is 0 Å². The van der Waals surface area contributed by atoms with Crippen LogP contribution in [0.5, 0.6) is 5.75 Å². The molecule has 29 heavy (non-hydrogen) atoms. The molecule has 3 aromatic rings. The smallest absolute Gasteiger partial charge is 0.319 e. The molecule has 0 saturated heterocycles. The fraction of sp³-hybridized carbons (Fsp3) is 0.130. The first-order valence-electron chi connectivity index (χ1n) is 9.05. The minimum absolute atomic E-state index is 0.0607. The van der Waals surface area contributed by atoms with E-state index in [2.05, 4.69) is 26.2 Å². The summed E-state index contributed by atoms with van der Waals surface area (Å²) >= 11 is 3.53. The highest BCUT2D eigenvalue weighted by atomic mass is 79.9. The van der Waals surface area contributed by atoms with Crippen LogP contribution in [0.25, 0.3) is 0 Å². The van der Waals surface area contributed by atoms with Crippen molar-refractivity contribution in [2.24, 2.45) is 4.99 Å². The van der Waals surface area contributed by atoms with E-state index in [1.807, 2.05) is 54.6 Å². The number of carbonyl (C=O) groups is 1. The monoisotopic (exact) mass is 452 g/mol. The first-order chi connectivity index (χ1) is 14.1. The highest BCUT2D eigenvalue weighted by Gasteiger charge is 2.19. The molecule has 6 heteroatoms. The van der Waals surface area contributed by atoms with E-state index in [0.29, 0.717) is 5.56 Å². The molecule has 0 fully saturated rings. The molecule has 148 valence electrons. The topological polar surface area (TPSA) is 70.9 Å². The normalized spacial score (nSPS) is 12.1. The van der Waals surface area contributed by atoms with Crippen LogP contribution in [-0.2, 0) is 9.53 Å². The van der Waals surface area contributed by atoms with E-state index in [4.69, 9.17) is 4.74 Å². The van der Waals surface area contributed by atoms with Gasteiger partial charge in [-0.25, -0.2) is 0 Å². The van der Waals surface area contributed by atoms with E-state index >= 15 is 0 Å². The first kappa shape index (κ1) is 20.8. The van der Waals surface area contributed by atoms with Crippen LogP contribution in [0.4, 0.5) is 5.69 Å². The van der Waals surface area contributed by atoms with Crippen molar-refractivity contribution < 1.29 is 14.6 Å². The summed E-state index contributed by atoms with van der Waals surface area (Å²) < 4.78 is 5.67. The Kier molecular flexibility index (Phi) is 7.16. The van der Waals surface area contributed by atoms with Gasteiger partial charge in [-0.2, -0.15) is 0 Å². The van der Waals surface area contributed by atoms with Crippen LogP contribution in [0, 0.1) is 0 Å².